The molecule has 1 rings (SSSR count). The van der Waals surface area contributed by atoms with Gasteiger partial charge in [-0.05, 0) is 34.7 Å². The van der Waals surface area contributed by atoms with Gasteiger partial charge in [-0.25, -0.2) is 0 Å². The molecule has 0 aliphatic heterocycles. The number of hydrogen-bond donors (Lipinski definition) is 1. The number of benzene rings is 1. The zero-order valence-corrected chi connectivity index (χ0v) is 8.25. The highest BCUT2D eigenvalue weighted by atomic mass is 127. The first-order chi connectivity index (χ1) is 5.20. The summed E-state index contributed by atoms with van der Waals surface area (Å²) in [6.45, 7) is 1.50. The number of rotatable bonds is 1. The van der Waals surface area contributed by atoms with Crippen LogP contribution < -0.4 is 5.32 Å². The molecule has 0 radical (unpaired) electrons. The average molecular weight is 261 g/mol. The third-order valence-corrected chi connectivity index (χ3v) is 2.13. The normalized spacial score (nSPS) is 9.27. The summed E-state index contributed by atoms with van der Waals surface area (Å²) >= 11 is 2.18. The van der Waals surface area contributed by atoms with Crippen LogP contribution in [-0.4, -0.2) is 5.91 Å². The summed E-state index contributed by atoms with van der Waals surface area (Å²) in [6, 6.07) is 7.66. The maximum absolute atomic E-state index is 10.7. The van der Waals surface area contributed by atoms with Gasteiger partial charge in [0.05, 0.1) is 5.69 Å². The average Bonchev–Trinajstić information content (AvgIpc) is 1.93. The van der Waals surface area contributed by atoms with Crippen LogP contribution in [0.5, 0.6) is 0 Å². The molecule has 3 heteroatoms. The van der Waals surface area contributed by atoms with Crippen LogP contribution in [0, 0.1) is 3.57 Å². The molecular formula is C8H8INO. The first-order valence-electron chi connectivity index (χ1n) is 3.22. The largest absolute Gasteiger partial charge is 0.325 e. The van der Waals surface area contributed by atoms with Gasteiger partial charge in [0.1, 0.15) is 0 Å². The molecule has 2 nitrogen and oxygen atoms in total. The fraction of sp³-hybridized carbons (Fsp3) is 0.125. The second-order valence-electron chi connectivity index (χ2n) is 2.16. The van der Waals surface area contributed by atoms with Gasteiger partial charge in [-0.1, -0.05) is 12.1 Å². The van der Waals surface area contributed by atoms with E-state index in [1.165, 1.54) is 6.92 Å². The highest BCUT2D eigenvalue weighted by Crippen LogP contribution is 2.16. The van der Waals surface area contributed by atoms with Gasteiger partial charge in [0.15, 0.2) is 0 Å². The van der Waals surface area contributed by atoms with E-state index in [2.05, 4.69) is 27.9 Å². The summed E-state index contributed by atoms with van der Waals surface area (Å²) in [5.41, 5.74) is 0.876. The van der Waals surface area contributed by atoms with E-state index < -0.39 is 0 Å². The third kappa shape index (κ3) is 2.49. The van der Waals surface area contributed by atoms with Crippen molar-refractivity contribution >= 4 is 34.2 Å². The summed E-state index contributed by atoms with van der Waals surface area (Å²) in [7, 11) is 0. The summed E-state index contributed by atoms with van der Waals surface area (Å²) in [5, 5.41) is 2.73. The third-order valence-electron chi connectivity index (χ3n) is 1.18. The molecule has 0 atom stereocenters. The van der Waals surface area contributed by atoms with Gasteiger partial charge in [0, 0.05) is 10.5 Å². The number of amides is 1. The van der Waals surface area contributed by atoms with Crippen LogP contribution in [0.1, 0.15) is 6.92 Å². The van der Waals surface area contributed by atoms with E-state index >= 15 is 0 Å². The second-order valence-corrected chi connectivity index (χ2v) is 3.32. The minimum Gasteiger partial charge on any atom is -0.325 e. The number of hydrogen-bond acceptors (Lipinski definition) is 1. The molecule has 0 aliphatic rings. The summed E-state index contributed by atoms with van der Waals surface area (Å²) in [6.07, 6.45) is 0. The molecule has 0 heterocycles. The molecule has 0 saturated carbocycles. The smallest absolute Gasteiger partial charge is 0.221 e. The van der Waals surface area contributed by atoms with E-state index in [0.29, 0.717) is 0 Å². The number of anilines is 1. The monoisotopic (exact) mass is 261 g/mol. The van der Waals surface area contributed by atoms with Crippen molar-refractivity contribution in [3.8, 4) is 0 Å². The Morgan fingerprint density at radius 3 is 2.64 bits per heavy atom. The molecule has 0 saturated heterocycles. The summed E-state index contributed by atoms with van der Waals surface area (Å²) < 4.78 is 1.06. The van der Waals surface area contributed by atoms with Gasteiger partial charge < -0.3 is 5.32 Å². The maximum atomic E-state index is 10.7. The lowest BCUT2D eigenvalue weighted by atomic mass is 10.3. The lowest BCUT2D eigenvalue weighted by molar-refractivity contribution is -0.114. The minimum atomic E-state index is -0.0332. The van der Waals surface area contributed by atoms with E-state index in [-0.39, 0.29) is 5.91 Å². The van der Waals surface area contributed by atoms with Gasteiger partial charge >= 0.3 is 0 Å². The first-order valence-corrected chi connectivity index (χ1v) is 4.30. The molecule has 0 spiro atoms. The standard InChI is InChI=1S/C8H8INO/c1-6(11)10-8-5-3-2-4-7(8)9/h2-5H,1H3,(H,10,11). The number of nitrogens with one attached hydrogen (secondary N) is 1. The molecule has 0 bridgehead atoms. The molecule has 0 aliphatic carbocycles. The summed E-state index contributed by atoms with van der Waals surface area (Å²) in [5.74, 6) is -0.0332. The van der Waals surface area contributed by atoms with Crippen LogP contribution >= 0.6 is 22.6 Å². The fourth-order valence-electron chi connectivity index (χ4n) is 0.752. The predicted octanol–water partition coefficient (Wildman–Crippen LogP) is 2.25. The summed E-state index contributed by atoms with van der Waals surface area (Å²) in [4.78, 5) is 10.7. The van der Waals surface area contributed by atoms with E-state index in [4.69, 9.17) is 0 Å². The van der Waals surface area contributed by atoms with Crippen LogP contribution in [0.25, 0.3) is 0 Å². The van der Waals surface area contributed by atoms with Crippen molar-refractivity contribution in [1.82, 2.24) is 0 Å². The van der Waals surface area contributed by atoms with Crippen LogP contribution in [0.15, 0.2) is 24.3 Å². The predicted molar refractivity (Wildman–Crippen MR) is 53.5 cm³/mol. The Hall–Kier alpha value is -0.580. The van der Waals surface area contributed by atoms with Crippen molar-refractivity contribution in [3.05, 3.63) is 27.8 Å². The molecular weight excluding hydrogens is 253 g/mol. The van der Waals surface area contributed by atoms with Gasteiger partial charge in [0.25, 0.3) is 0 Å². The quantitative estimate of drug-likeness (QED) is 0.772. The van der Waals surface area contributed by atoms with Crippen LogP contribution in [0.2, 0.25) is 0 Å². The zero-order valence-electron chi connectivity index (χ0n) is 6.10. The fourth-order valence-corrected chi connectivity index (χ4v) is 1.27. The van der Waals surface area contributed by atoms with Crippen LogP contribution in [0.4, 0.5) is 5.69 Å². The molecule has 0 unspecified atom stereocenters. The number of carbonyl (C=O) groups is 1. The van der Waals surface area contributed by atoms with Crippen LogP contribution in [-0.2, 0) is 4.79 Å². The Morgan fingerprint density at radius 2 is 2.09 bits per heavy atom. The first kappa shape index (κ1) is 8.52. The van der Waals surface area contributed by atoms with Crippen molar-refractivity contribution < 1.29 is 4.79 Å². The van der Waals surface area contributed by atoms with Gasteiger partial charge in [0.2, 0.25) is 5.91 Å². The number of para-hydroxylation sites is 1. The second kappa shape index (κ2) is 3.71. The zero-order chi connectivity index (χ0) is 8.27. The van der Waals surface area contributed by atoms with Crippen molar-refractivity contribution in [2.45, 2.75) is 6.92 Å². The van der Waals surface area contributed by atoms with E-state index in [1.807, 2.05) is 24.3 Å². The topological polar surface area (TPSA) is 29.1 Å². The minimum absolute atomic E-state index is 0.0332. The van der Waals surface area contributed by atoms with Gasteiger partial charge in [-0.15, -0.1) is 0 Å². The van der Waals surface area contributed by atoms with Crippen molar-refractivity contribution in [2.24, 2.45) is 0 Å². The Morgan fingerprint density at radius 1 is 1.45 bits per heavy atom. The molecule has 0 fully saturated rings. The Kier molecular flexibility index (Phi) is 2.87. The number of halogens is 1. The van der Waals surface area contributed by atoms with E-state index in [0.717, 1.165) is 9.26 Å². The lowest BCUT2D eigenvalue weighted by Crippen LogP contribution is -2.06. The maximum Gasteiger partial charge on any atom is 0.221 e. The van der Waals surface area contributed by atoms with Gasteiger partial charge in [-0.3, -0.25) is 4.79 Å². The molecule has 58 valence electrons. The Balaban J connectivity index is 2.86. The molecule has 0 aromatic heterocycles. The highest BCUT2D eigenvalue weighted by molar-refractivity contribution is 14.1. The van der Waals surface area contributed by atoms with Crippen LogP contribution in [0.3, 0.4) is 0 Å². The van der Waals surface area contributed by atoms with Crippen molar-refractivity contribution in [1.29, 1.82) is 0 Å². The molecule has 1 aromatic carbocycles. The van der Waals surface area contributed by atoms with Crippen molar-refractivity contribution in [2.75, 3.05) is 5.32 Å². The highest BCUT2D eigenvalue weighted by Gasteiger charge is 1.97. The van der Waals surface area contributed by atoms with Crippen molar-refractivity contribution in [3.63, 3.8) is 0 Å². The Labute approximate surface area is 79.1 Å². The molecule has 1 amide bonds. The molecule has 1 aromatic rings. The lowest BCUT2D eigenvalue weighted by Gasteiger charge is -2.02. The van der Waals surface area contributed by atoms with Gasteiger partial charge in [-0.2, -0.15) is 0 Å². The Bertz CT molecular complexity index is 273. The SMILES string of the molecule is CC(=O)Nc1ccccc1I. The van der Waals surface area contributed by atoms with E-state index in [1.54, 1.807) is 0 Å². The van der Waals surface area contributed by atoms with E-state index in [9.17, 15) is 4.79 Å². The molecule has 1 N–H and O–H groups in total. The molecule has 11 heavy (non-hydrogen) atoms. The number of carbonyl (C=O) groups excluding carboxylic acids is 1.